The summed E-state index contributed by atoms with van der Waals surface area (Å²) in [6.07, 6.45) is 0.968. The third kappa shape index (κ3) is 0.877. The molecular weight excluding hydrogens is 198 g/mol. The van der Waals surface area contributed by atoms with E-state index in [1.165, 1.54) is 22.3 Å². The zero-order valence-electron chi connectivity index (χ0n) is 8.57. The summed E-state index contributed by atoms with van der Waals surface area (Å²) in [5.41, 5.74) is 7.28. The molecule has 1 N–H and O–H groups in total. The first-order valence-corrected chi connectivity index (χ1v) is 5.34. The first-order valence-electron chi connectivity index (χ1n) is 5.34. The van der Waals surface area contributed by atoms with Gasteiger partial charge in [-0.05, 0) is 28.3 Å². The van der Waals surface area contributed by atoms with Crippen LogP contribution in [-0.4, -0.2) is 15.4 Å². The van der Waals surface area contributed by atoms with Crippen LogP contribution < -0.4 is 0 Å². The Kier molecular flexibility index (Phi) is 1.36. The predicted octanol–water partition coefficient (Wildman–Crippen LogP) is 2.53. The molecule has 3 heteroatoms. The Morgan fingerprint density at radius 3 is 2.88 bits per heavy atom. The third-order valence-corrected chi connectivity index (χ3v) is 3.27. The zero-order chi connectivity index (χ0) is 10.5. The Morgan fingerprint density at radius 1 is 0.938 bits per heavy atom. The summed E-state index contributed by atoms with van der Waals surface area (Å²) in [6, 6.07) is 12.7. The van der Waals surface area contributed by atoms with E-state index in [9.17, 15) is 0 Å². The van der Waals surface area contributed by atoms with Gasteiger partial charge in [0, 0.05) is 6.42 Å². The molecule has 0 unspecified atom stereocenters. The molecule has 0 aliphatic heterocycles. The van der Waals surface area contributed by atoms with Crippen LogP contribution >= 0.6 is 0 Å². The van der Waals surface area contributed by atoms with Crippen molar-refractivity contribution in [1.82, 2.24) is 15.4 Å². The molecule has 1 aliphatic rings. The first kappa shape index (κ1) is 8.05. The second-order valence-corrected chi connectivity index (χ2v) is 4.12. The maximum Gasteiger partial charge on any atom is 0.117 e. The van der Waals surface area contributed by atoms with Gasteiger partial charge in [-0.3, -0.25) is 0 Å². The van der Waals surface area contributed by atoms with Crippen LogP contribution in [0.5, 0.6) is 0 Å². The Bertz CT molecular complexity index is 697. The molecule has 0 amide bonds. The number of aromatic amines is 1. The zero-order valence-corrected chi connectivity index (χ0v) is 8.57. The van der Waals surface area contributed by atoms with Crippen LogP contribution in [0.1, 0.15) is 11.1 Å². The van der Waals surface area contributed by atoms with Gasteiger partial charge in [0.2, 0.25) is 0 Å². The van der Waals surface area contributed by atoms with E-state index in [2.05, 4.69) is 45.7 Å². The summed E-state index contributed by atoms with van der Waals surface area (Å²) in [4.78, 5) is 0. The minimum atomic E-state index is 0.951. The predicted molar refractivity (Wildman–Crippen MR) is 62.1 cm³/mol. The summed E-state index contributed by atoms with van der Waals surface area (Å²) in [7, 11) is 0. The number of nitrogens with one attached hydrogen (secondary N) is 1. The highest BCUT2D eigenvalue weighted by Gasteiger charge is 2.21. The maximum absolute atomic E-state index is 4.24. The number of nitrogens with zero attached hydrogens (tertiary/aromatic N) is 2. The van der Waals surface area contributed by atoms with Gasteiger partial charge in [0.15, 0.2) is 0 Å². The van der Waals surface area contributed by atoms with Crippen LogP contribution in [0.3, 0.4) is 0 Å². The normalized spacial score (nSPS) is 12.8. The minimum Gasteiger partial charge on any atom is -0.197 e. The average molecular weight is 207 g/mol. The molecule has 1 heterocycles. The van der Waals surface area contributed by atoms with Gasteiger partial charge in [-0.25, -0.2) is 0 Å². The Morgan fingerprint density at radius 2 is 1.88 bits per heavy atom. The van der Waals surface area contributed by atoms with Crippen molar-refractivity contribution in [2.24, 2.45) is 0 Å². The maximum atomic E-state index is 4.24. The fourth-order valence-electron chi connectivity index (χ4n) is 2.53. The lowest BCUT2D eigenvalue weighted by Crippen LogP contribution is -1.83. The van der Waals surface area contributed by atoms with Gasteiger partial charge in [0.05, 0.1) is 0 Å². The van der Waals surface area contributed by atoms with Crippen molar-refractivity contribution >= 4 is 11.0 Å². The second-order valence-electron chi connectivity index (χ2n) is 4.12. The smallest absolute Gasteiger partial charge is 0.117 e. The molecule has 0 spiro atoms. The molecule has 0 radical (unpaired) electrons. The molecule has 4 rings (SSSR count). The number of hydrogen-bond donors (Lipinski definition) is 1. The topological polar surface area (TPSA) is 41.6 Å². The summed E-state index contributed by atoms with van der Waals surface area (Å²) < 4.78 is 0. The number of aromatic nitrogens is 3. The van der Waals surface area contributed by atoms with E-state index in [-0.39, 0.29) is 0 Å². The van der Waals surface area contributed by atoms with E-state index in [1.54, 1.807) is 0 Å². The van der Waals surface area contributed by atoms with Crippen molar-refractivity contribution in [3.63, 3.8) is 0 Å². The number of H-pyrrole nitrogens is 1. The number of benzene rings is 2. The quantitative estimate of drug-likeness (QED) is 0.481. The minimum absolute atomic E-state index is 0.951. The largest absolute Gasteiger partial charge is 0.197 e. The molecule has 0 bridgehead atoms. The second kappa shape index (κ2) is 2.70. The third-order valence-electron chi connectivity index (χ3n) is 3.27. The molecule has 1 aliphatic carbocycles. The van der Waals surface area contributed by atoms with E-state index in [4.69, 9.17) is 0 Å². The number of hydrogen-bond acceptors (Lipinski definition) is 2. The summed E-state index contributed by atoms with van der Waals surface area (Å²) in [6.45, 7) is 0. The van der Waals surface area contributed by atoms with Crippen LogP contribution in [0, 0.1) is 0 Å². The first-order chi connectivity index (χ1) is 7.93. The lowest BCUT2D eigenvalue weighted by molar-refractivity contribution is 0.957. The van der Waals surface area contributed by atoms with Gasteiger partial charge in [-0.1, -0.05) is 30.3 Å². The van der Waals surface area contributed by atoms with Gasteiger partial charge in [-0.2, -0.15) is 15.4 Å². The lowest BCUT2D eigenvalue weighted by atomic mass is 10.1. The summed E-state index contributed by atoms with van der Waals surface area (Å²) in [5, 5.41) is 11.1. The van der Waals surface area contributed by atoms with Crippen molar-refractivity contribution in [2.45, 2.75) is 6.42 Å². The lowest BCUT2D eigenvalue weighted by Gasteiger charge is -1.99. The van der Waals surface area contributed by atoms with Crippen molar-refractivity contribution < 1.29 is 0 Å². The van der Waals surface area contributed by atoms with E-state index >= 15 is 0 Å². The van der Waals surface area contributed by atoms with E-state index < -0.39 is 0 Å². The average Bonchev–Trinajstić information content (AvgIpc) is 2.92. The monoisotopic (exact) mass is 207 g/mol. The summed E-state index contributed by atoms with van der Waals surface area (Å²) in [5.74, 6) is 0. The molecule has 76 valence electrons. The van der Waals surface area contributed by atoms with Crippen molar-refractivity contribution in [3.05, 3.63) is 47.5 Å². The van der Waals surface area contributed by atoms with Crippen LogP contribution in [0.15, 0.2) is 36.4 Å². The fraction of sp³-hybridized carbons (Fsp3) is 0.0769. The van der Waals surface area contributed by atoms with E-state index in [0.29, 0.717) is 0 Å². The molecule has 16 heavy (non-hydrogen) atoms. The highest BCUT2D eigenvalue weighted by molar-refractivity contribution is 5.90. The molecule has 0 fully saturated rings. The van der Waals surface area contributed by atoms with Crippen LogP contribution in [-0.2, 0) is 6.42 Å². The number of rotatable bonds is 0. The molecule has 1 aromatic heterocycles. The van der Waals surface area contributed by atoms with Crippen molar-refractivity contribution in [3.8, 4) is 11.1 Å². The van der Waals surface area contributed by atoms with Gasteiger partial charge >= 0.3 is 0 Å². The van der Waals surface area contributed by atoms with Crippen LogP contribution in [0.25, 0.3) is 22.2 Å². The molecule has 0 atom stereocenters. The number of fused-ring (bicyclic) bond motifs is 5. The van der Waals surface area contributed by atoms with Gasteiger partial charge in [-0.15, -0.1) is 0 Å². The highest BCUT2D eigenvalue weighted by Crippen LogP contribution is 2.38. The van der Waals surface area contributed by atoms with Crippen LogP contribution in [0.2, 0.25) is 0 Å². The van der Waals surface area contributed by atoms with Crippen LogP contribution in [0.4, 0.5) is 0 Å². The molecule has 0 saturated heterocycles. The van der Waals surface area contributed by atoms with E-state index in [1.807, 2.05) is 6.07 Å². The van der Waals surface area contributed by atoms with Crippen molar-refractivity contribution in [1.29, 1.82) is 0 Å². The molecule has 2 aromatic carbocycles. The molecular formula is C13H9N3. The highest BCUT2D eigenvalue weighted by atomic mass is 15.3. The molecule has 0 saturated carbocycles. The van der Waals surface area contributed by atoms with Gasteiger partial charge in [0.25, 0.3) is 0 Å². The van der Waals surface area contributed by atoms with E-state index in [0.717, 1.165) is 17.5 Å². The Hall–Kier alpha value is -2.16. The Labute approximate surface area is 92.1 Å². The summed E-state index contributed by atoms with van der Waals surface area (Å²) >= 11 is 0. The molecule has 3 nitrogen and oxygen atoms in total. The SMILES string of the molecule is c1ccc2c(c1)Cc1c-2ccc2n[nH]nc12. The standard InChI is InChI=1S/C13H9N3/c1-2-4-9-8(3-1)7-11-10(9)5-6-12-13(11)15-16-14-12/h1-6H,7H2,(H,14,15,16). The van der Waals surface area contributed by atoms with Gasteiger partial charge < -0.3 is 0 Å². The Balaban J connectivity index is 2.13. The molecule has 3 aromatic rings. The van der Waals surface area contributed by atoms with Crippen molar-refractivity contribution in [2.75, 3.05) is 0 Å². The fourth-order valence-corrected chi connectivity index (χ4v) is 2.53. The van der Waals surface area contributed by atoms with Gasteiger partial charge in [0.1, 0.15) is 11.0 Å².